The van der Waals surface area contributed by atoms with Gasteiger partial charge < -0.3 is 14.3 Å². The van der Waals surface area contributed by atoms with Gasteiger partial charge in [0.05, 0.1) is 24.4 Å². The molecule has 0 bridgehead atoms. The normalized spacial score (nSPS) is 17.8. The van der Waals surface area contributed by atoms with Crippen LogP contribution < -0.4 is 0 Å². The molecule has 1 atom stereocenters. The lowest BCUT2D eigenvalue weighted by atomic mass is 10.1. The van der Waals surface area contributed by atoms with Gasteiger partial charge in [-0.05, 0) is 12.1 Å². The molecule has 1 fully saturated rings. The van der Waals surface area contributed by atoms with Crippen LogP contribution in [0.2, 0.25) is 0 Å². The van der Waals surface area contributed by atoms with Crippen molar-refractivity contribution in [3.05, 3.63) is 34.9 Å². The fourth-order valence-electron chi connectivity index (χ4n) is 2.88. The molecule has 23 heavy (non-hydrogen) atoms. The number of morpholine rings is 1. The highest BCUT2D eigenvalue weighted by Crippen LogP contribution is 2.40. The van der Waals surface area contributed by atoms with Crippen LogP contribution in [0.3, 0.4) is 0 Å². The maximum absolute atomic E-state index is 10.7. The van der Waals surface area contributed by atoms with Crippen molar-refractivity contribution in [3.63, 3.8) is 0 Å². The monoisotopic (exact) mass is 334 g/mol. The Labute approximate surface area is 137 Å². The van der Waals surface area contributed by atoms with Crippen LogP contribution >= 0.6 is 11.3 Å². The first kappa shape index (κ1) is 14.7. The van der Waals surface area contributed by atoms with Crippen molar-refractivity contribution in [1.29, 1.82) is 0 Å². The Balaban J connectivity index is 1.79. The molecule has 0 radical (unpaired) electrons. The van der Waals surface area contributed by atoms with Crippen molar-refractivity contribution < 1.29 is 14.3 Å². The molecule has 4 rings (SSSR count). The molecule has 0 unspecified atom stereocenters. The van der Waals surface area contributed by atoms with Gasteiger partial charge in [0.1, 0.15) is 11.8 Å². The van der Waals surface area contributed by atoms with Crippen LogP contribution in [0, 0.1) is 0 Å². The highest BCUT2D eigenvalue weighted by Gasteiger charge is 2.32. The van der Waals surface area contributed by atoms with Gasteiger partial charge in [-0.25, -0.2) is 4.98 Å². The Morgan fingerprint density at radius 3 is 2.87 bits per heavy atom. The van der Waals surface area contributed by atoms with Gasteiger partial charge in [-0.15, -0.1) is 5.10 Å². The van der Waals surface area contributed by atoms with E-state index >= 15 is 0 Å². The van der Waals surface area contributed by atoms with Gasteiger partial charge in [0.15, 0.2) is 5.82 Å². The lowest BCUT2D eigenvalue weighted by Crippen LogP contribution is -2.39. The first-order chi connectivity index (χ1) is 11.3. The topological polar surface area (TPSA) is 76.0 Å². The van der Waals surface area contributed by atoms with E-state index in [1.54, 1.807) is 6.26 Å². The lowest BCUT2D eigenvalue weighted by molar-refractivity contribution is 0.0203. The molecular formula is C15H18N4O3S. The second-order valence-electron chi connectivity index (χ2n) is 5.43. The molecule has 0 saturated carbocycles. The summed E-state index contributed by atoms with van der Waals surface area (Å²) in [5.41, 5.74) is 0. The Kier molecular flexibility index (Phi) is 3.80. The summed E-state index contributed by atoms with van der Waals surface area (Å²) < 4.78 is 12.6. The Morgan fingerprint density at radius 1 is 1.39 bits per heavy atom. The van der Waals surface area contributed by atoms with Crippen LogP contribution in [0.1, 0.15) is 29.4 Å². The molecule has 0 aromatic carbocycles. The maximum atomic E-state index is 10.7. The minimum Gasteiger partial charge on any atom is -0.492 e. The molecule has 122 valence electrons. The number of thiazole rings is 1. The van der Waals surface area contributed by atoms with Crippen LogP contribution in [-0.4, -0.2) is 50.9 Å². The van der Waals surface area contributed by atoms with E-state index in [-0.39, 0.29) is 11.9 Å². The highest BCUT2D eigenvalue weighted by atomic mass is 32.1. The summed E-state index contributed by atoms with van der Waals surface area (Å²) >= 11 is 1.46. The molecule has 8 heteroatoms. The number of hydrogen-bond acceptors (Lipinski definition) is 7. The number of hydrogen-bond donors (Lipinski definition) is 1. The van der Waals surface area contributed by atoms with Crippen molar-refractivity contribution in [2.75, 3.05) is 26.3 Å². The third kappa shape index (κ3) is 2.52. The number of aromatic nitrogens is 3. The minimum atomic E-state index is -0.146. The number of furan rings is 1. The quantitative estimate of drug-likeness (QED) is 0.787. The predicted octanol–water partition coefficient (Wildman–Crippen LogP) is 2.07. The van der Waals surface area contributed by atoms with E-state index in [0.717, 1.165) is 36.0 Å². The standard InChI is InChI=1S/C15H18N4O3S/c1-2-11-16-15-19(17-11)14(20)13(23-15)12(10-4-3-7-22-10)18-5-8-21-9-6-18/h3-4,7,12,20H,2,5-6,8-9H2,1H3/t12-/m1/s1. The van der Waals surface area contributed by atoms with E-state index in [0.29, 0.717) is 18.2 Å². The molecule has 7 nitrogen and oxygen atoms in total. The summed E-state index contributed by atoms with van der Waals surface area (Å²) in [5.74, 6) is 1.69. The van der Waals surface area contributed by atoms with Crippen molar-refractivity contribution in [1.82, 2.24) is 19.5 Å². The first-order valence-electron chi connectivity index (χ1n) is 7.70. The van der Waals surface area contributed by atoms with Crippen molar-refractivity contribution in [2.45, 2.75) is 19.4 Å². The number of ether oxygens (including phenoxy) is 1. The zero-order valence-electron chi connectivity index (χ0n) is 12.8. The van der Waals surface area contributed by atoms with Gasteiger partial charge in [-0.2, -0.15) is 4.52 Å². The number of rotatable bonds is 4. The highest BCUT2D eigenvalue weighted by molar-refractivity contribution is 7.17. The third-order valence-corrected chi connectivity index (χ3v) is 5.10. The van der Waals surface area contributed by atoms with E-state index in [9.17, 15) is 5.11 Å². The SMILES string of the molecule is CCc1nc2sc([C@@H](c3ccco3)N3CCOCC3)c(O)n2n1. The summed E-state index contributed by atoms with van der Waals surface area (Å²) in [6, 6.07) is 3.66. The Bertz CT molecular complexity index is 789. The van der Waals surface area contributed by atoms with Crippen LogP contribution in [-0.2, 0) is 11.2 Å². The van der Waals surface area contributed by atoms with Gasteiger partial charge in [0.25, 0.3) is 0 Å². The van der Waals surface area contributed by atoms with Gasteiger partial charge >= 0.3 is 0 Å². The number of aromatic hydroxyl groups is 1. The lowest BCUT2D eigenvalue weighted by Gasteiger charge is -2.32. The van der Waals surface area contributed by atoms with E-state index < -0.39 is 0 Å². The molecular weight excluding hydrogens is 316 g/mol. The number of fused-ring (bicyclic) bond motifs is 1. The molecule has 4 heterocycles. The Morgan fingerprint density at radius 2 is 2.22 bits per heavy atom. The van der Waals surface area contributed by atoms with Crippen LogP contribution in [0.4, 0.5) is 0 Å². The minimum absolute atomic E-state index is 0.144. The first-order valence-corrected chi connectivity index (χ1v) is 8.52. The van der Waals surface area contributed by atoms with Gasteiger partial charge in [0.2, 0.25) is 10.8 Å². The average Bonchev–Trinajstić information content (AvgIpc) is 3.29. The van der Waals surface area contributed by atoms with Crippen LogP contribution in [0.25, 0.3) is 4.96 Å². The second-order valence-corrected chi connectivity index (χ2v) is 6.44. The van der Waals surface area contributed by atoms with Gasteiger partial charge in [0, 0.05) is 19.5 Å². The van der Waals surface area contributed by atoms with Gasteiger partial charge in [-0.1, -0.05) is 18.3 Å². The second kappa shape index (κ2) is 5.95. The van der Waals surface area contributed by atoms with Crippen molar-refractivity contribution in [2.24, 2.45) is 0 Å². The molecule has 3 aromatic heterocycles. The molecule has 3 aromatic rings. The average molecular weight is 334 g/mol. The molecule has 0 aliphatic carbocycles. The van der Waals surface area contributed by atoms with Crippen LogP contribution in [0.15, 0.2) is 22.8 Å². The van der Waals surface area contributed by atoms with E-state index in [2.05, 4.69) is 15.0 Å². The zero-order valence-corrected chi connectivity index (χ0v) is 13.6. The van der Waals surface area contributed by atoms with Crippen LogP contribution in [0.5, 0.6) is 5.88 Å². The molecule has 1 aliphatic heterocycles. The molecule has 1 N–H and O–H groups in total. The Hall–Kier alpha value is -1.90. The maximum Gasteiger partial charge on any atom is 0.230 e. The molecule has 1 saturated heterocycles. The number of aryl methyl sites for hydroxylation is 1. The summed E-state index contributed by atoms with van der Waals surface area (Å²) in [6.07, 6.45) is 2.40. The zero-order chi connectivity index (χ0) is 15.8. The van der Waals surface area contributed by atoms with Crippen molar-refractivity contribution in [3.8, 4) is 5.88 Å². The van der Waals surface area contributed by atoms with E-state index in [1.807, 2.05) is 19.1 Å². The third-order valence-electron chi connectivity index (χ3n) is 4.03. The molecule has 0 amide bonds. The number of nitrogens with zero attached hydrogens (tertiary/aromatic N) is 4. The molecule has 0 spiro atoms. The predicted molar refractivity (Wildman–Crippen MR) is 84.8 cm³/mol. The van der Waals surface area contributed by atoms with E-state index in [1.165, 1.54) is 15.9 Å². The van der Waals surface area contributed by atoms with E-state index in [4.69, 9.17) is 9.15 Å². The van der Waals surface area contributed by atoms with Gasteiger partial charge in [-0.3, -0.25) is 4.90 Å². The summed E-state index contributed by atoms with van der Waals surface area (Å²) in [6.45, 7) is 4.94. The summed E-state index contributed by atoms with van der Waals surface area (Å²) in [4.78, 5) is 8.23. The fourth-order valence-corrected chi connectivity index (χ4v) is 3.99. The largest absolute Gasteiger partial charge is 0.492 e. The summed E-state index contributed by atoms with van der Waals surface area (Å²) in [5, 5.41) is 15.0. The van der Waals surface area contributed by atoms with Crippen molar-refractivity contribution >= 4 is 16.3 Å². The fraction of sp³-hybridized carbons (Fsp3) is 0.467. The smallest absolute Gasteiger partial charge is 0.230 e. The molecule has 1 aliphatic rings. The summed E-state index contributed by atoms with van der Waals surface area (Å²) in [7, 11) is 0.